The molecule has 0 unspecified atom stereocenters. The van der Waals surface area contributed by atoms with Crippen LogP contribution in [0.4, 0.5) is 4.79 Å². The van der Waals surface area contributed by atoms with Crippen LogP contribution in [0.1, 0.15) is 18.1 Å². The number of hydrogen-bond acceptors (Lipinski definition) is 4. The summed E-state index contributed by atoms with van der Waals surface area (Å²) in [4.78, 5) is 28.6. The highest BCUT2D eigenvalue weighted by molar-refractivity contribution is 8.00. The number of carbonyl (C=O) groups is 2. The van der Waals surface area contributed by atoms with Gasteiger partial charge in [0.25, 0.3) is 0 Å². The van der Waals surface area contributed by atoms with Crippen molar-refractivity contribution in [3.63, 3.8) is 0 Å². The number of amides is 2. The first-order valence-electron chi connectivity index (χ1n) is 9.07. The first-order chi connectivity index (χ1) is 13.1. The minimum Gasteiger partial charge on any atom is -0.449 e. The second-order valence-electron chi connectivity index (χ2n) is 6.88. The van der Waals surface area contributed by atoms with E-state index in [2.05, 4.69) is 0 Å². The van der Waals surface area contributed by atoms with Crippen LogP contribution in [0, 0.1) is 0 Å². The van der Waals surface area contributed by atoms with Crippen LogP contribution >= 0.6 is 11.8 Å². The van der Waals surface area contributed by atoms with Crippen LogP contribution in [0.3, 0.4) is 0 Å². The van der Waals surface area contributed by atoms with E-state index < -0.39 is 0 Å². The van der Waals surface area contributed by atoms with Gasteiger partial charge in [0, 0.05) is 25.8 Å². The van der Waals surface area contributed by atoms with Gasteiger partial charge in [0.1, 0.15) is 6.04 Å². The fraction of sp³-hybridized carbons (Fsp3) is 0.333. The van der Waals surface area contributed by atoms with E-state index in [4.69, 9.17) is 4.74 Å². The van der Waals surface area contributed by atoms with E-state index in [1.807, 2.05) is 70.5 Å². The summed E-state index contributed by atoms with van der Waals surface area (Å²) in [6.45, 7) is 2.51. The number of rotatable bonds is 5. The van der Waals surface area contributed by atoms with Crippen LogP contribution in [0.2, 0.25) is 0 Å². The molecule has 140 valence electrons. The summed E-state index contributed by atoms with van der Waals surface area (Å²) >= 11 is 1.61. The molecule has 2 fully saturated rings. The second-order valence-corrected chi connectivity index (χ2v) is 8.01. The van der Waals surface area contributed by atoms with Crippen molar-refractivity contribution in [1.82, 2.24) is 9.80 Å². The fourth-order valence-electron chi connectivity index (χ4n) is 3.82. The number of benzene rings is 2. The van der Waals surface area contributed by atoms with Crippen molar-refractivity contribution < 1.29 is 14.3 Å². The predicted molar refractivity (Wildman–Crippen MR) is 105 cm³/mol. The Morgan fingerprint density at radius 2 is 1.56 bits per heavy atom. The molecular formula is C21H22N2O3S. The zero-order chi connectivity index (χ0) is 18.8. The summed E-state index contributed by atoms with van der Waals surface area (Å²) in [5.74, 6) is 0.466. The van der Waals surface area contributed by atoms with Crippen LogP contribution in [-0.2, 0) is 22.6 Å². The lowest BCUT2D eigenvalue weighted by molar-refractivity contribution is -0.144. The molecule has 4 rings (SSSR count). The maximum absolute atomic E-state index is 13.3. The van der Waals surface area contributed by atoms with Crippen molar-refractivity contribution in [2.45, 2.75) is 37.5 Å². The molecule has 0 spiro atoms. The molecule has 2 aliphatic rings. The van der Waals surface area contributed by atoms with E-state index >= 15 is 0 Å². The Morgan fingerprint density at radius 3 is 2.11 bits per heavy atom. The number of nitrogens with zero attached hydrogens (tertiary/aromatic N) is 2. The average molecular weight is 382 g/mol. The van der Waals surface area contributed by atoms with E-state index in [9.17, 15) is 9.59 Å². The van der Waals surface area contributed by atoms with Gasteiger partial charge in [-0.05, 0) is 11.1 Å². The predicted octanol–water partition coefficient (Wildman–Crippen LogP) is 3.50. The maximum atomic E-state index is 13.3. The number of urea groups is 1. The molecule has 2 saturated heterocycles. The molecular weight excluding hydrogens is 360 g/mol. The molecule has 0 aliphatic carbocycles. The van der Waals surface area contributed by atoms with Crippen LogP contribution in [0.15, 0.2) is 60.7 Å². The summed E-state index contributed by atoms with van der Waals surface area (Å²) in [5.41, 5.74) is 1.86. The summed E-state index contributed by atoms with van der Waals surface area (Å²) in [6.07, 6.45) is 0. The Bertz CT molecular complexity index is 815. The van der Waals surface area contributed by atoms with Gasteiger partial charge >= 0.3 is 12.0 Å². The molecule has 0 N–H and O–H groups in total. The third kappa shape index (κ3) is 3.67. The molecule has 27 heavy (non-hydrogen) atoms. The lowest BCUT2D eigenvalue weighted by atomic mass is 10.1. The molecule has 5 nitrogen and oxygen atoms in total. The van der Waals surface area contributed by atoms with Crippen molar-refractivity contribution in [1.29, 1.82) is 0 Å². The second kappa shape index (κ2) is 7.64. The zero-order valence-electron chi connectivity index (χ0n) is 15.2. The van der Waals surface area contributed by atoms with Gasteiger partial charge in [-0.25, -0.2) is 4.79 Å². The summed E-state index contributed by atoms with van der Waals surface area (Å²) < 4.78 is 5.54. The van der Waals surface area contributed by atoms with Gasteiger partial charge in [0.2, 0.25) is 0 Å². The Labute approximate surface area is 163 Å². The molecule has 2 amide bonds. The first-order valence-corrected chi connectivity index (χ1v) is 10.1. The van der Waals surface area contributed by atoms with Gasteiger partial charge in [0.05, 0.1) is 6.04 Å². The molecule has 2 aromatic rings. The number of ether oxygens (including phenoxy) is 1. The first kappa shape index (κ1) is 17.9. The Kier molecular flexibility index (Phi) is 5.07. The number of esters is 1. The highest BCUT2D eigenvalue weighted by atomic mass is 32.2. The quantitative estimate of drug-likeness (QED) is 0.587. The molecule has 6 heteroatoms. The monoisotopic (exact) mass is 382 g/mol. The van der Waals surface area contributed by atoms with Crippen LogP contribution in [-0.4, -0.2) is 45.1 Å². The van der Waals surface area contributed by atoms with Gasteiger partial charge in [-0.3, -0.25) is 4.79 Å². The smallest absolute Gasteiger partial charge is 0.321 e. The van der Waals surface area contributed by atoms with E-state index in [1.54, 1.807) is 11.8 Å². The number of fused-ring (bicyclic) bond motifs is 1. The minimum absolute atomic E-state index is 0.00941. The molecule has 0 aromatic heterocycles. The van der Waals surface area contributed by atoms with Crippen molar-refractivity contribution >= 4 is 23.8 Å². The van der Waals surface area contributed by atoms with E-state index in [0.29, 0.717) is 13.1 Å². The molecule has 0 radical (unpaired) electrons. The van der Waals surface area contributed by atoms with Crippen LogP contribution < -0.4 is 0 Å². The average Bonchev–Trinajstić information content (AvgIpc) is 3.18. The van der Waals surface area contributed by atoms with E-state index in [0.717, 1.165) is 16.9 Å². The summed E-state index contributed by atoms with van der Waals surface area (Å²) in [5, 5.41) is 0. The molecule has 2 aromatic carbocycles. The van der Waals surface area contributed by atoms with Gasteiger partial charge in [-0.15, -0.1) is 11.8 Å². The largest absolute Gasteiger partial charge is 0.449 e. The molecule has 2 heterocycles. The van der Waals surface area contributed by atoms with E-state index in [1.165, 1.54) is 6.92 Å². The lowest BCUT2D eigenvalue weighted by Crippen LogP contribution is -2.42. The third-order valence-corrected chi connectivity index (χ3v) is 6.27. The van der Waals surface area contributed by atoms with Crippen LogP contribution in [0.25, 0.3) is 0 Å². The number of carbonyl (C=O) groups excluding carboxylic acids is 2. The standard InChI is InChI=1S/C21H22N2O3S/c1-15(24)26-20-19-18(14-27-20)22(12-16-8-4-2-5-9-16)21(25)23(19)13-17-10-6-3-7-11-17/h2-11,18-20H,12-14H2,1H3/t18-,19-,20-/m1/s1. The zero-order valence-corrected chi connectivity index (χ0v) is 16.0. The van der Waals surface area contributed by atoms with Gasteiger partial charge < -0.3 is 14.5 Å². The highest BCUT2D eigenvalue weighted by Crippen LogP contribution is 2.41. The Balaban J connectivity index is 1.61. The summed E-state index contributed by atoms with van der Waals surface area (Å²) in [7, 11) is 0. The Morgan fingerprint density at radius 1 is 1.00 bits per heavy atom. The van der Waals surface area contributed by atoms with Crippen molar-refractivity contribution in [3.05, 3.63) is 71.8 Å². The van der Waals surface area contributed by atoms with Crippen molar-refractivity contribution in [2.75, 3.05) is 5.75 Å². The van der Waals surface area contributed by atoms with Crippen molar-refractivity contribution in [2.24, 2.45) is 0 Å². The molecule has 0 bridgehead atoms. The van der Waals surface area contributed by atoms with Gasteiger partial charge in [0.15, 0.2) is 5.44 Å². The normalized spacial score (nSPS) is 24.2. The maximum Gasteiger partial charge on any atom is 0.321 e. The molecule has 0 saturated carbocycles. The molecule has 3 atom stereocenters. The topological polar surface area (TPSA) is 49.9 Å². The number of hydrogen-bond donors (Lipinski definition) is 0. The van der Waals surface area contributed by atoms with Crippen molar-refractivity contribution in [3.8, 4) is 0 Å². The van der Waals surface area contributed by atoms with E-state index in [-0.39, 0.29) is 29.5 Å². The SMILES string of the molecule is CC(=O)O[C@@H]1SC[C@@H]2[C@H]1N(Cc1ccccc1)C(=O)N2Cc1ccccc1. The van der Waals surface area contributed by atoms with Gasteiger partial charge in [-0.2, -0.15) is 0 Å². The van der Waals surface area contributed by atoms with Gasteiger partial charge in [-0.1, -0.05) is 60.7 Å². The third-order valence-electron chi connectivity index (χ3n) is 5.03. The Hall–Kier alpha value is -2.47. The highest BCUT2D eigenvalue weighted by Gasteiger charge is 2.54. The minimum atomic E-state index is -0.319. The van der Waals surface area contributed by atoms with Crippen LogP contribution in [0.5, 0.6) is 0 Å². The summed E-state index contributed by atoms with van der Waals surface area (Å²) in [6, 6.07) is 19.9. The number of thioether (sulfide) groups is 1. The lowest BCUT2D eigenvalue weighted by Gasteiger charge is -2.26. The fourth-order valence-corrected chi connectivity index (χ4v) is 5.31. The molecule has 2 aliphatic heterocycles.